The van der Waals surface area contributed by atoms with Gasteiger partial charge in [0.2, 0.25) is 0 Å². The molecule has 0 aliphatic rings. The van der Waals surface area contributed by atoms with Gasteiger partial charge in [-0.25, -0.2) is 18.6 Å². The molecule has 10 heteroatoms. The van der Waals surface area contributed by atoms with Gasteiger partial charge in [0.25, 0.3) is 15.9 Å². The van der Waals surface area contributed by atoms with E-state index in [-0.39, 0.29) is 16.2 Å². The lowest BCUT2D eigenvalue weighted by Crippen LogP contribution is -2.18. The third kappa shape index (κ3) is 6.45. The minimum atomic E-state index is -3.76. The number of hydrazone groups is 1. The molecule has 0 aliphatic carbocycles. The highest BCUT2D eigenvalue weighted by molar-refractivity contribution is 7.92. The molecule has 5 aromatic rings. The summed E-state index contributed by atoms with van der Waals surface area (Å²) in [5.41, 5.74) is 3.88. The monoisotopic (exact) mass is 579 g/mol. The van der Waals surface area contributed by atoms with Crippen LogP contribution in [0.3, 0.4) is 0 Å². The fourth-order valence-electron chi connectivity index (χ4n) is 4.11. The number of fused-ring (bicyclic) bond motifs is 1. The smallest absolute Gasteiger partial charge is 0.343 e. The summed E-state index contributed by atoms with van der Waals surface area (Å²) in [6, 6.07) is 31.5. The molecule has 0 aliphatic heterocycles. The van der Waals surface area contributed by atoms with Gasteiger partial charge in [-0.3, -0.25) is 9.52 Å². The molecular formula is C32H25N3O6S. The number of rotatable bonds is 9. The molecule has 5 rings (SSSR count). The van der Waals surface area contributed by atoms with E-state index in [0.29, 0.717) is 22.6 Å². The first kappa shape index (κ1) is 28.1. The standard InChI is InChI=1S/C32H25N3O6S/c1-40-26-18-13-24(14-19-26)32(37)41-30-20-15-22-7-5-6-10-28(22)29(30)21-33-34-31(36)23-11-16-25(17-12-23)35-42(38,39)27-8-3-2-4-9-27/h2-21,35H,1H3,(H,34,36)/b33-21+. The second-order valence-electron chi connectivity index (χ2n) is 9.01. The largest absolute Gasteiger partial charge is 0.497 e. The van der Waals surface area contributed by atoms with Crippen LogP contribution in [0.25, 0.3) is 10.8 Å². The summed E-state index contributed by atoms with van der Waals surface area (Å²) in [4.78, 5) is 25.7. The van der Waals surface area contributed by atoms with Gasteiger partial charge >= 0.3 is 5.97 Å². The summed E-state index contributed by atoms with van der Waals surface area (Å²) in [5.74, 6) is -0.193. The van der Waals surface area contributed by atoms with Crippen LogP contribution in [0.4, 0.5) is 5.69 Å². The topological polar surface area (TPSA) is 123 Å². The number of hydrogen-bond donors (Lipinski definition) is 2. The number of anilines is 1. The average molecular weight is 580 g/mol. The van der Waals surface area contributed by atoms with Gasteiger partial charge in [-0.1, -0.05) is 48.5 Å². The van der Waals surface area contributed by atoms with Crippen LogP contribution in [0.1, 0.15) is 26.3 Å². The number of ether oxygens (including phenoxy) is 2. The van der Waals surface area contributed by atoms with Gasteiger partial charge in [-0.15, -0.1) is 0 Å². The molecule has 0 aromatic heterocycles. The maximum absolute atomic E-state index is 12.8. The summed E-state index contributed by atoms with van der Waals surface area (Å²) in [5, 5.41) is 5.77. The van der Waals surface area contributed by atoms with E-state index in [1.165, 1.54) is 42.6 Å². The summed E-state index contributed by atoms with van der Waals surface area (Å²) < 4.78 is 38.4. The molecule has 0 saturated carbocycles. The second-order valence-corrected chi connectivity index (χ2v) is 10.7. The summed E-state index contributed by atoms with van der Waals surface area (Å²) in [6.45, 7) is 0. The van der Waals surface area contributed by atoms with Crippen molar-refractivity contribution in [2.45, 2.75) is 4.90 Å². The number of nitrogens with zero attached hydrogens (tertiary/aromatic N) is 1. The number of benzene rings is 5. The van der Waals surface area contributed by atoms with Crippen molar-refractivity contribution in [1.82, 2.24) is 5.43 Å². The minimum Gasteiger partial charge on any atom is -0.497 e. The fraction of sp³-hybridized carbons (Fsp3) is 0.0312. The van der Waals surface area contributed by atoms with Crippen molar-refractivity contribution >= 4 is 44.6 Å². The molecule has 0 spiro atoms. The first-order chi connectivity index (χ1) is 20.3. The quantitative estimate of drug-likeness (QED) is 0.101. The van der Waals surface area contributed by atoms with Gasteiger partial charge in [0.1, 0.15) is 11.5 Å². The van der Waals surface area contributed by atoms with Crippen LogP contribution >= 0.6 is 0 Å². The van der Waals surface area contributed by atoms with E-state index >= 15 is 0 Å². The highest BCUT2D eigenvalue weighted by atomic mass is 32.2. The molecule has 0 radical (unpaired) electrons. The lowest BCUT2D eigenvalue weighted by atomic mass is 10.0. The number of sulfonamides is 1. The summed E-state index contributed by atoms with van der Waals surface area (Å²) in [6.07, 6.45) is 1.42. The second kappa shape index (κ2) is 12.4. The third-order valence-electron chi connectivity index (χ3n) is 6.27. The lowest BCUT2D eigenvalue weighted by molar-refractivity contribution is 0.0734. The van der Waals surface area contributed by atoms with Gasteiger partial charge in [0.15, 0.2) is 0 Å². The number of esters is 1. The zero-order valence-corrected chi connectivity index (χ0v) is 23.2. The third-order valence-corrected chi connectivity index (χ3v) is 7.67. The van der Waals surface area contributed by atoms with Gasteiger partial charge in [-0.05, 0) is 77.5 Å². The van der Waals surface area contributed by atoms with Crippen molar-refractivity contribution < 1.29 is 27.5 Å². The van der Waals surface area contributed by atoms with Crippen molar-refractivity contribution in [1.29, 1.82) is 0 Å². The first-order valence-electron chi connectivity index (χ1n) is 12.7. The van der Waals surface area contributed by atoms with Crippen LogP contribution in [0.5, 0.6) is 11.5 Å². The Morgan fingerprint density at radius 3 is 2.14 bits per heavy atom. The molecule has 0 heterocycles. The van der Waals surface area contributed by atoms with E-state index in [1.54, 1.807) is 55.6 Å². The summed E-state index contributed by atoms with van der Waals surface area (Å²) >= 11 is 0. The number of nitrogens with one attached hydrogen (secondary N) is 2. The van der Waals surface area contributed by atoms with Crippen LogP contribution in [-0.2, 0) is 10.0 Å². The Bertz CT molecular complexity index is 1870. The molecule has 0 saturated heterocycles. The number of carbonyl (C=O) groups excluding carboxylic acids is 2. The Labute approximate surface area is 242 Å². The molecule has 9 nitrogen and oxygen atoms in total. The molecule has 0 unspecified atom stereocenters. The van der Waals surface area contributed by atoms with Gasteiger partial charge in [-0.2, -0.15) is 5.10 Å². The molecule has 0 fully saturated rings. The maximum Gasteiger partial charge on any atom is 0.343 e. The normalized spacial score (nSPS) is 11.3. The predicted octanol–water partition coefficient (Wildman–Crippen LogP) is 5.63. The van der Waals surface area contributed by atoms with Gasteiger partial charge < -0.3 is 9.47 Å². The van der Waals surface area contributed by atoms with Crippen molar-refractivity contribution in [3.63, 3.8) is 0 Å². The van der Waals surface area contributed by atoms with Crippen LogP contribution < -0.4 is 19.6 Å². The van der Waals surface area contributed by atoms with E-state index in [1.807, 2.05) is 30.3 Å². The maximum atomic E-state index is 12.8. The van der Waals surface area contributed by atoms with Crippen LogP contribution in [0, 0.1) is 0 Å². The number of amides is 1. The molecule has 42 heavy (non-hydrogen) atoms. The van der Waals surface area contributed by atoms with Crippen molar-refractivity contribution in [3.8, 4) is 11.5 Å². The predicted molar refractivity (Wildman–Crippen MR) is 161 cm³/mol. The Kier molecular flexibility index (Phi) is 8.26. The molecule has 5 aromatic carbocycles. The Morgan fingerprint density at radius 2 is 1.43 bits per heavy atom. The molecule has 1 amide bonds. The Hall–Kier alpha value is -5.48. The molecule has 2 N–H and O–H groups in total. The fourth-order valence-corrected chi connectivity index (χ4v) is 5.19. The number of methoxy groups -OCH3 is 1. The van der Waals surface area contributed by atoms with E-state index in [9.17, 15) is 18.0 Å². The van der Waals surface area contributed by atoms with Crippen LogP contribution in [-0.4, -0.2) is 33.6 Å². The number of hydrogen-bond acceptors (Lipinski definition) is 7. The summed E-state index contributed by atoms with van der Waals surface area (Å²) in [7, 11) is -2.22. The highest BCUT2D eigenvalue weighted by Gasteiger charge is 2.15. The van der Waals surface area contributed by atoms with E-state index < -0.39 is 21.9 Å². The van der Waals surface area contributed by atoms with Gasteiger partial charge in [0, 0.05) is 16.8 Å². The number of carbonyl (C=O) groups is 2. The zero-order valence-electron chi connectivity index (χ0n) is 22.4. The average Bonchev–Trinajstić information content (AvgIpc) is 3.02. The van der Waals surface area contributed by atoms with E-state index in [4.69, 9.17) is 9.47 Å². The molecular weight excluding hydrogens is 554 g/mol. The minimum absolute atomic E-state index is 0.128. The Morgan fingerprint density at radius 1 is 0.762 bits per heavy atom. The molecule has 210 valence electrons. The molecule has 0 bridgehead atoms. The zero-order chi connectivity index (χ0) is 29.5. The van der Waals surface area contributed by atoms with Crippen LogP contribution in [0.15, 0.2) is 125 Å². The highest BCUT2D eigenvalue weighted by Crippen LogP contribution is 2.28. The van der Waals surface area contributed by atoms with Crippen molar-refractivity contribution in [2.75, 3.05) is 11.8 Å². The van der Waals surface area contributed by atoms with Crippen molar-refractivity contribution in [2.24, 2.45) is 5.10 Å². The van der Waals surface area contributed by atoms with Gasteiger partial charge in [0.05, 0.1) is 23.8 Å². The molecule has 0 atom stereocenters. The van der Waals surface area contributed by atoms with Crippen LogP contribution in [0.2, 0.25) is 0 Å². The SMILES string of the molecule is COc1ccc(C(=O)Oc2ccc3ccccc3c2/C=N/NC(=O)c2ccc(NS(=O)(=O)c3ccccc3)cc2)cc1. The van der Waals surface area contributed by atoms with E-state index in [2.05, 4.69) is 15.2 Å². The first-order valence-corrected chi connectivity index (χ1v) is 14.2. The lowest BCUT2D eigenvalue weighted by Gasteiger charge is -2.11. The van der Waals surface area contributed by atoms with Crippen molar-refractivity contribution in [3.05, 3.63) is 132 Å². The van der Waals surface area contributed by atoms with E-state index in [0.717, 1.165) is 10.8 Å². The Balaban J connectivity index is 1.31.